The van der Waals surface area contributed by atoms with Gasteiger partial charge >= 0.3 is 12.1 Å². The lowest BCUT2D eigenvalue weighted by Gasteiger charge is -2.12. The van der Waals surface area contributed by atoms with Gasteiger partial charge in [0.1, 0.15) is 11.3 Å². The molecule has 21 heavy (non-hydrogen) atoms. The Morgan fingerprint density at radius 2 is 2.14 bits per heavy atom. The molecule has 2 aromatic heterocycles. The molecule has 3 rings (SSSR count). The predicted octanol–water partition coefficient (Wildman–Crippen LogP) is 1.71. The highest BCUT2D eigenvalue weighted by Gasteiger charge is 2.41. The SMILES string of the molecule is O=C(O)c1cnn(-c2ccnc3c2OCO3)c1C(F)(F)F. The van der Waals surface area contributed by atoms with Gasteiger partial charge in [0.25, 0.3) is 5.88 Å². The summed E-state index contributed by atoms with van der Waals surface area (Å²) >= 11 is 0. The van der Waals surface area contributed by atoms with Crippen molar-refractivity contribution in [1.82, 2.24) is 14.8 Å². The quantitative estimate of drug-likeness (QED) is 0.908. The van der Waals surface area contributed by atoms with E-state index in [2.05, 4.69) is 10.1 Å². The van der Waals surface area contributed by atoms with E-state index in [-0.39, 0.29) is 24.1 Å². The van der Waals surface area contributed by atoms with E-state index in [9.17, 15) is 18.0 Å². The molecule has 0 bridgehead atoms. The van der Waals surface area contributed by atoms with Crippen LogP contribution in [0.2, 0.25) is 0 Å². The minimum absolute atomic E-state index is 0.0213. The Balaban J connectivity index is 2.25. The zero-order chi connectivity index (χ0) is 15.2. The zero-order valence-electron chi connectivity index (χ0n) is 10.1. The van der Waals surface area contributed by atoms with E-state index in [4.69, 9.17) is 14.6 Å². The third-order valence-corrected chi connectivity index (χ3v) is 2.75. The van der Waals surface area contributed by atoms with Crippen LogP contribution in [0.1, 0.15) is 16.1 Å². The van der Waals surface area contributed by atoms with Gasteiger partial charge in [0.15, 0.2) is 5.69 Å². The summed E-state index contributed by atoms with van der Waals surface area (Å²) in [6.45, 7) is -0.187. The highest BCUT2D eigenvalue weighted by molar-refractivity contribution is 5.89. The molecule has 1 aliphatic heterocycles. The zero-order valence-corrected chi connectivity index (χ0v) is 10.1. The number of halogens is 3. The van der Waals surface area contributed by atoms with Gasteiger partial charge in [-0.1, -0.05) is 0 Å². The molecule has 0 atom stereocenters. The number of carboxylic acids is 1. The standard InChI is InChI=1S/C11H6F3N3O4/c12-11(13,14)8-5(10(18)19)3-16-17(8)6-1-2-15-9-7(6)20-4-21-9/h1-3H,4H2,(H,18,19). The first-order chi connectivity index (χ1) is 9.89. The molecule has 10 heteroatoms. The molecular weight excluding hydrogens is 295 g/mol. The van der Waals surface area contributed by atoms with Gasteiger partial charge in [0, 0.05) is 6.20 Å². The molecule has 3 heterocycles. The van der Waals surface area contributed by atoms with Gasteiger partial charge in [-0.2, -0.15) is 18.3 Å². The van der Waals surface area contributed by atoms with E-state index in [1.54, 1.807) is 0 Å². The fourth-order valence-corrected chi connectivity index (χ4v) is 1.93. The second-order valence-electron chi connectivity index (χ2n) is 3.99. The Labute approximate surface area is 114 Å². The highest BCUT2D eigenvalue weighted by Crippen LogP contribution is 2.39. The number of carboxylic acid groups (broad SMARTS) is 1. The van der Waals surface area contributed by atoms with Crippen LogP contribution < -0.4 is 9.47 Å². The van der Waals surface area contributed by atoms with Crippen molar-refractivity contribution in [1.29, 1.82) is 0 Å². The van der Waals surface area contributed by atoms with Crippen LogP contribution in [0.4, 0.5) is 13.2 Å². The average Bonchev–Trinajstić information content (AvgIpc) is 3.04. The van der Waals surface area contributed by atoms with Crippen LogP contribution in [0.3, 0.4) is 0 Å². The number of carbonyl (C=O) groups is 1. The molecule has 1 aliphatic rings. The maximum absolute atomic E-state index is 13.1. The first-order valence-electron chi connectivity index (χ1n) is 5.53. The molecule has 2 aromatic rings. The molecule has 1 N–H and O–H groups in total. The van der Waals surface area contributed by atoms with Crippen LogP contribution in [0.15, 0.2) is 18.5 Å². The topological polar surface area (TPSA) is 86.5 Å². The first-order valence-corrected chi connectivity index (χ1v) is 5.53. The summed E-state index contributed by atoms with van der Waals surface area (Å²) in [5.74, 6) is -1.73. The van der Waals surface area contributed by atoms with Crippen molar-refractivity contribution in [2.45, 2.75) is 6.18 Å². The summed E-state index contributed by atoms with van der Waals surface area (Å²) in [7, 11) is 0. The lowest BCUT2D eigenvalue weighted by Crippen LogP contribution is -2.17. The molecule has 0 amide bonds. The van der Waals surface area contributed by atoms with E-state index >= 15 is 0 Å². The monoisotopic (exact) mass is 301 g/mol. The van der Waals surface area contributed by atoms with Crippen molar-refractivity contribution >= 4 is 5.97 Å². The Morgan fingerprint density at radius 1 is 1.38 bits per heavy atom. The molecule has 0 aromatic carbocycles. The summed E-state index contributed by atoms with van der Waals surface area (Å²) in [5, 5.41) is 12.4. The molecule has 7 nitrogen and oxygen atoms in total. The number of hydrogen-bond acceptors (Lipinski definition) is 5. The number of rotatable bonds is 2. The Kier molecular flexibility index (Phi) is 2.75. The summed E-state index contributed by atoms with van der Waals surface area (Å²) in [6, 6.07) is 1.22. The predicted molar refractivity (Wildman–Crippen MR) is 59.4 cm³/mol. The van der Waals surface area contributed by atoms with Crippen molar-refractivity contribution in [2.24, 2.45) is 0 Å². The maximum atomic E-state index is 13.1. The van der Waals surface area contributed by atoms with Gasteiger partial charge in [-0.3, -0.25) is 0 Å². The molecule has 0 saturated carbocycles. The summed E-state index contributed by atoms with van der Waals surface area (Å²) in [5.41, 5.74) is -2.46. The molecule has 0 aliphatic carbocycles. The molecule has 0 unspecified atom stereocenters. The van der Waals surface area contributed by atoms with Crippen molar-refractivity contribution in [3.8, 4) is 17.3 Å². The van der Waals surface area contributed by atoms with Crippen LogP contribution in [0, 0.1) is 0 Å². The number of aromatic carboxylic acids is 1. The normalized spacial score (nSPS) is 13.5. The van der Waals surface area contributed by atoms with Crippen molar-refractivity contribution in [2.75, 3.05) is 6.79 Å². The van der Waals surface area contributed by atoms with E-state index in [0.29, 0.717) is 10.9 Å². The first kappa shape index (κ1) is 13.2. The largest absolute Gasteiger partial charge is 0.478 e. The number of ether oxygens (including phenoxy) is 2. The Morgan fingerprint density at radius 3 is 2.81 bits per heavy atom. The van der Waals surface area contributed by atoms with Crippen LogP contribution in [-0.4, -0.2) is 32.6 Å². The highest BCUT2D eigenvalue weighted by atomic mass is 19.4. The molecule has 0 spiro atoms. The fourth-order valence-electron chi connectivity index (χ4n) is 1.93. The third kappa shape index (κ3) is 2.04. The lowest BCUT2D eigenvalue weighted by atomic mass is 10.2. The minimum Gasteiger partial charge on any atom is -0.478 e. The summed E-state index contributed by atoms with van der Waals surface area (Å²) in [4.78, 5) is 14.7. The fraction of sp³-hybridized carbons (Fsp3) is 0.182. The summed E-state index contributed by atoms with van der Waals surface area (Å²) in [6.07, 6.45) is -3.06. The number of hydrogen-bond donors (Lipinski definition) is 1. The van der Waals surface area contributed by atoms with Crippen molar-refractivity contribution in [3.63, 3.8) is 0 Å². The van der Waals surface area contributed by atoms with E-state index in [0.717, 1.165) is 0 Å². The number of pyridine rings is 1. The third-order valence-electron chi connectivity index (χ3n) is 2.75. The Hall–Kier alpha value is -2.78. The van der Waals surface area contributed by atoms with E-state index in [1.807, 2.05) is 0 Å². The smallest absolute Gasteiger partial charge is 0.434 e. The molecule has 0 fully saturated rings. The van der Waals surface area contributed by atoms with Crippen LogP contribution in [-0.2, 0) is 6.18 Å². The van der Waals surface area contributed by atoms with E-state index in [1.165, 1.54) is 12.3 Å². The van der Waals surface area contributed by atoms with Gasteiger partial charge in [-0.15, -0.1) is 0 Å². The second-order valence-corrected chi connectivity index (χ2v) is 3.99. The van der Waals surface area contributed by atoms with Gasteiger partial charge in [0.2, 0.25) is 12.5 Å². The lowest BCUT2D eigenvalue weighted by molar-refractivity contribution is -0.143. The number of aromatic nitrogens is 3. The van der Waals surface area contributed by atoms with Crippen LogP contribution >= 0.6 is 0 Å². The van der Waals surface area contributed by atoms with Gasteiger partial charge in [-0.25, -0.2) is 14.5 Å². The number of alkyl halides is 3. The molecule has 110 valence electrons. The minimum atomic E-state index is -4.90. The van der Waals surface area contributed by atoms with E-state index < -0.39 is 23.4 Å². The van der Waals surface area contributed by atoms with Crippen LogP contribution in [0.5, 0.6) is 11.6 Å². The second kappa shape index (κ2) is 4.36. The summed E-state index contributed by atoms with van der Waals surface area (Å²) < 4.78 is 49.9. The molecule has 0 saturated heterocycles. The van der Waals surface area contributed by atoms with Gasteiger partial charge < -0.3 is 14.6 Å². The number of fused-ring (bicyclic) bond motifs is 1. The van der Waals surface area contributed by atoms with Crippen LogP contribution in [0.25, 0.3) is 5.69 Å². The maximum Gasteiger partial charge on any atom is 0.434 e. The molecular formula is C11H6F3N3O4. The Bertz CT molecular complexity index is 726. The van der Waals surface area contributed by atoms with Gasteiger partial charge in [0.05, 0.1) is 6.20 Å². The van der Waals surface area contributed by atoms with Crippen molar-refractivity contribution < 1.29 is 32.5 Å². The number of nitrogens with zero attached hydrogens (tertiary/aromatic N) is 3. The van der Waals surface area contributed by atoms with Gasteiger partial charge in [-0.05, 0) is 6.07 Å². The van der Waals surface area contributed by atoms with Crippen molar-refractivity contribution in [3.05, 3.63) is 29.7 Å². The average molecular weight is 301 g/mol. The molecule has 0 radical (unpaired) electrons.